The molecule has 5 heteroatoms. The van der Waals surface area contributed by atoms with E-state index < -0.39 is 6.29 Å². The summed E-state index contributed by atoms with van der Waals surface area (Å²) in [4.78, 5) is 9.72. The van der Waals surface area contributed by atoms with Crippen LogP contribution in [0.5, 0.6) is 0 Å². The van der Waals surface area contributed by atoms with Crippen LogP contribution in [0.4, 0.5) is 0 Å². The SMILES string of the molecule is O=COC1COCCO1.[H-].[Na+]. The van der Waals surface area contributed by atoms with E-state index in [4.69, 9.17) is 9.47 Å². The predicted octanol–water partition coefficient (Wildman–Crippen LogP) is -3.35. The van der Waals surface area contributed by atoms with Crippen LogP contribution in [0.2, 0.25) is 0 Å². The van der Waals surface area contributed by atoms with Gasteiger partial charge in [-0.05, 0) is 0 Å². The van der Waals surface area contributed by atoms with Gasteiger partial charge in [0.2, 0.25) is 6.29 Å². The minimum atomic E-state index is -0.490. The summed E-state index contributed by atoms with van der Waals surface area (Å²) >= 11 is 0. The molecule has 0 amide bonds. The van der Waals surface area contributed by atoms with E-state index in [1.54, 1.807) is 0 Å². The van der Waals surface area contributed by atoms with Crippen LogP contribution >= 0.6 is 0 Å². The Kier molecular flexibility index (Phi) is 6.36. The minimum Gasteiger partial charge on any atom is -1.00 e. The molecule has 1 fully saturated rings. The van der Waals surface area contributed by atoms with Gasteiger partial charge >= 0.3 is 29.6 Å². The first-order chi connectivity index (χ1) is 4.43. The van der Waals surface area contributed by atoms with Crippen molar-refractivity contribution in [1.82, 2.24) is 0 Å². The van der Waals surface area contributed by atoms with Crippen LogP contribution in [0.15, 0.2) is 0 Å². The first kappa shape index (κ1) is 10.4. The Morgan fingerprint density at radius 3 is 2.90 bits per heavy atom. The fourth-order valence-corrected chi connectivity index (χ4v) is 0.607. The molecule has 0 aromatic rings. The molecule has 1 aliphatic heterocycles. The zero-order valence-electron chi connectivity index (χ0n) is 6.91. The van der Waals surface area contributed by atoms with Crippen molar-refractivity contribution in [1.29, 1.82) is 0 Å². The quantitative estimate of drug-likeness (QED) is 0.309. The molecule has 0 spiro atoms. The Morgan fingerprint density at radius 2 is 2.40 bits per heavy atom. The molecule has 1 rings (SSSR count). The van der Waals surface area contributed by atoms with Crippen LogP contribution in [0.3, 0.4) is 0 Å². The summed E-state index contributed by atoms with van der Waals surface area (Å²) < 4.78 is 14.3. The summed E-state index contributed by atoms with van der Waals surface area (Å²) in [5, 5.41) is 0. The molecule has 0 aromatic heterocycles. The number of carbonyl (C=O) groups is 1. The number of hydrogen-bond donors (Lipinski definition) is 0. The third-order valence-electron chi connectivity index (χ3n) is 0.993. The summed E-state index contributed by atoms with van der Waals surface area (Å²) in [6.45, 7) is 1.79. The van der Waals surface area contributed by atoms with Crippen LogP contribution in [0, 0.1) is 0 Å². The molecule has 1 heterocycles. The summed E-state index contributed by atoms with van der Waals surface area (Å²) in [6.07, 6.45) is -0.490. The van der Waals surface area contributed by atoms with Gasteiger partial charge in [-0.25, -0.2) is 0 Å². The number of carbonyl (C=O) groups excluding carboxylic acids is 1. The molecule has 1 atom stereocenters. The molecule has 0 radical (unpaired) electrons. The molecule has 0 aliphatic carbocycles. The third kappa shape index (κ3) is 3.53. The Hall–Kier alpha value is 0.390. The van der Waals surface area contributed by atoms with E-state index in [1.807, 2.05) is 0 Å². The minimum absolute atomic E-state index is 0. The van der Waals surface area contributed by atoms with Gasteiger partial charge in [0.15, 0.2) is 0 Å². The zero-order chi connectivity index (χ0) is 6.53. The van der Waals surface area contributed by atoms with Crippen LogP contribution in [0.1, 0.15) is 1.43 Å². The summed E-state index contributed by atoms with van der Waals surface area (Å²) in [5.41, 5.74) is 0. The zero-order valence-corrected chi connectivity index (χ0v) is 7.91. The summed E-state index contributed by atoms with van der Waals surface area (Å²) in [5.74, 6) is 0. The smallest absolute Gasteiger partial charge is 1.00 e. The van der Waals surface area contributed by atoms with E-state index in [0.29, 0.717) is 26.3 Å². The van der Waals surface area contributed by atoms with Crippen molar-refractivity contribution in [2.24, 2.45) is 0 Å². The maximum Gasteiger partial charge on any atom is 1.00 e. The van der Waals surface area contributed by atoms with Crippen molar-refractivity contribution < 1.29 is 50.0 Å². The van der Waals surface area contributed by atoms with Gasteiger partial charge in [-0.2, -0.15) is 0 Å². The van der Waals surface area contributed by atoms with Crippen molar-refractivity contribution in [3.05, 3.63) is 0 Å². The van der Waals surface area contributed by atoms with Gasteiger partial charge in [-0.1, -0.05) is 0 Å². The van der Waals surface area contributed by atoms with E-state index in [-0.39, 0.29) is 31.0 Å². The van der Waals surface area contributed by atoms with Crippen LogP contribution in [-0.2, 0) is 19.0 Å². The Bertz CT molecular complexity index is 96.5. The standard InChI is InChI=1S/C5H8O4.Na.H/c6-4-9-5-3-7-1-2-8-5;;/h4-5H,1-3H2;;/q;+1;-1. The van der Waals surface area contributed by atoms with Gasteiger partial charge in [0.25, 0.3) is 6.47 Å². The van der Waals surface area contributed by atoms with E-state index in [9.17, 15) is 4.79 Å². The van der Waals surface area contributed by atoms with Crippen molar-refractivity contribution >= 4 is 6.47 Å². The Balaban J connectivity index is 0. The van der Waals surface area contributed by atoms with E-state index in [0.717, 1.165) is 0 Å². The predicted molar refractivity (Wildman–Crippen MR) is 28.8 cm³/mol. The number of ether oxygens (including phenoxy) is 3. The van der Waals surface area contributed by atoms with Crippen LogP contribution in [0.25, 0.3) is 0 Å². The molecule has 0 bridgehead atoms. The molecular formula is C5H9NaO4. The fraction of sp³-hybridized carbons (Fsp3) is 0.800. The van der Waals surface area contributed by atoms with Gasteiger partial charge in [0.1, 0.15) is 6.61 Å². The van der Waals surface area contributed by atoms with E-state index >= 15 is 0 Å². The second kappa shape index (κ2) is 6.12. The van der Waals surface area contributed by atoms with Crippen LogP contribution in [-0.4, -0.2) is 32.6 Å². The largest absolute Gasteiger partial charge is 1.00 e. The molecule has 1 saturated heterocycles. The molecule has 10 heavy (non-hydrogen) atoms. The second-order valence-corrected chi connectivity index (χ2v) is 1.61. The average Bonchev–Trinajstić information content (AvgIpc) is 1.91. The maximum atomic E-state index is 9.72. The first-order valence-electron chi connectivity index (χ1n) is 2.72. The van der Waals surface area contributed by atoms with Crippen molar-refractivity contribution in [2.45, 2.75) is 6.29 Å². The molecule has 0 saturated carbocycles. The first-order valence-corrected chi connectivity index (χ1v) is 2.72. The molecule has 1 aliphatic rings. The summed E-state index contributed by atoms with van der Waals surface area (Å²) in [6, 6.07) is 0. The van der Waals surface area contributed by atoms with Gasteiger partial charge in [0, 0.05) is 0 Å². The maximum absolute atomic E-state index is 9.72. The van der Waals surface area contributed by atoms with Crippen molar-refractivity contribution in [3.63, 3.8) is 0 Å². The molecule has 54 valence electrons. The molecule has 4 nitrogen and oxygen atoms in total. The topological polar surface area (TPSA) is 44.8 Å². The van der Waals surface area contributed by atoms with Crippen LogP contribution < -0.4 is 29.6 Å². The van der Waals surface area contributed by atoms with Gasteiger partial charge in [-0.3, -0.25) is 4.79 Å². The monoisotopic (exact) mass is 156 g/mol. The fourth-order valence-electron chi connectivity index (χ4n) is 0.607. The van der Waals surface area contributed by atoms with E-state index in [1.165, 1.54) is 0 Å². The van der Waals surface area contributed by atoms with E-state index in [2.05, 4.69) is 4.74 Å². The number of hydrogen-bond acceptors (Lipinski definition) is 4. The van der Waals surface area contributed by atoms with Crippen molar-refractivity contribution in [3.8, 4) is 0 Å². The van der Waals surface area contributed by atoms with Crippen molar-refractivity contribution in [2.75, 3.05) is 19.8 Å². The number of rotatable bonds is 2. The van der Waals surface area contributed by atoms with Gasteiger partial charge in [-0.15, -0.1) is 0 Å². The molecule has 1 unspecified atom stereocenters. The Morgan fingerprint density at radius 1 is 1.60 bits per heavy atom. The third-order valence-corrected chi connectivity index (χ3v) is 0.993. The normalized spacial score (nSPS) is 24.6. The van der Waals surface area contributed by atoms with Gasteiger partial charge in [0.05, 0.1) is 13.2 Å². The summed E-state index contributed by atoms with van der Waals surface area (Å²) in [7, 11) is 0. The second-order valence-electron chi connectivity index (χ2n) is 1.61. The molecular weight excluding hydrogens is 147 g/mol. The van der Waals surface area contributed by atoms with Gasteiger partial charge < -0.3 is 15.6 Å². The Labute approximate surface area is 82.6 Å². The molecule has 0 aromatic carbocycles. The molecule has 0 N–H and O–H groups in total. The average molecular weight is 156 g/mol.